The van der Waals surface area contributed by atoms with Gasteiger partial charge in [0.15, 0.2) is 0 Å². The maximum Gasteiger partial charge on any atom is 0.351 e. The standard InChI is InChI=1S/C13H21ClN3O5P/c1-20-23(19,21-2)8-6-13(9-14)5-3-11(22-13)17-7-4-10(15)16-12(17)18/h4,7,11H,3,5-6,8-9H2,1-2H3,(H2,15,16,18). The third-order valence-electron chi connectivity index (χ3n) is 4.04. The molecule has 2 unspecified atom stereocenters. The van der Waals surface area contributed by atoms with Gasteiger partial charge in [-0.2, -0.15) is 4.98 Å². The monoisotopic (exact) mass is 365 g/mol. The van der Waals surface area contributed by atoms with E-state index in [1.54, 1.807) is 6.20 Å². The fourth-order valence-corrected chi connectivity index (χ4v) is 4.11. The van der Waals surface area contributed by atoms with E-state index >= 15 is 0 Å². The van der Waals surface area contributed by atoms with Crippen molar-refractivity contribution >= 4 is 25.0 Å². The average molecular weight is 366 g/mol. The number of alkyl halides is 1. The third-order valence-corrected chi connectivity index (χ3v) is 6.41. The maximum atomic E-state index is 12.2. The Morgan fingerprint density at radius 1 is 1.57 bits per heavy atom. The van der Waals surface area contributed by atoms with Crippen molar-refractivity contribution in [3.8, 4) is 0 Å². The molecule has 1 fully saturated rings. The summed E-state index contributed by atoms with van der Waals surface area (Å²) in [6, 6.07) is 1.54. The molecular formula is C13H21ClN3O5P. The average Bonchev–Trinajstić information content (AvgIpc) is 2.97. The molecule has 1 aromatic heterocycles. The van der Waals surface area contributed by atoms with Gasteiger partial charge in [0.1, 0.15) is 12.0 Å². The molecule has 2 heterocycles. The molecule has 0 radical (unpaired) electrons. The van der Waals surface area contributed by atoms with Crippen LogP contribution in [0.4, 0.5) is 5.82 Å². The molecule has 0 saturated carbocycles. The van der Waals surface area contributed by atoms with Gasteiger partial charge in [-0.1, -0.05) is 0 Å². The van der Waals surface area contributed by atoms with Gasteiger partial charge in [-0.15, -0.1) is 11.6 Å². The lowest BCUT2D eigenvalue weighted by Gasteiger charge is -2.28. The van der Waals surface area contributed by atoms with E-state index in [1.807, 2.05) is 0 Å². The lowest BCUT2D eigenvalue weighted by atomic mass is 9.99. The van der Waals surface area contributed by atoms with Crippen LogP contribution in [0.5, 0.6) is 0 Å². The summed E-state index contributed by atoms with van der Waals surface area (Å²) in [5, 5.41) is 0. The van der Waals surface area contributed by atoms with E-state index in [0.29, 0.717) is 19.3 Å². The number of aromatic nitrogens is 2. The van der Waals surface area contributed by atoms with Crippen molar-refractivity contribution in [3.63, 3.8) is 0 Å². The molecular weight excluding hydrogens is 345 g/mol. The molecule has 1 saturated heterocycles. The summed E-state index contributed by atoms with van der Waals surface area (Å²) in [4.78, 5) is 15.6. The molecule has 2 N–H and O–H groups in total. The quantitative estimate of drug-likeness (QED) is 0.581. The third kappa shape index (κ3) is 4.14. The van der Waals surface area contributed by atoms with Crippen LogP contribution in [0.1, 0.15) is 25.5 Å². The highest BCUT2D eigenvalue weighted by Crippen LogP contribution is 2.50. The van der Waals surface area contributed by atoms with Crippen LogP contribution in [0.2, 0.25) is 0 Å². The van der Waals surface area contributed by atoms with Gasteiger partial charge < -0.3 is 19.5 Å². The molecule has 0 spiro atoms. The SMILES string of the molecule is COP(=O)(CCC1(CCl)CCC(n2ccc(N)nc2=O)O1)OC. The fraction of sp³-hybridized carbons (Fsp3) is 0.692. The number of halogens is 1. The Kier molecular flexibility index (Phi) is 5.86. The summed E-state index contributed by atoms with van der Waals surface area (Å²) in [5.41, 5.74) is 4.33. The molecule has 0 aliphatic carbocycles. The molecule has 8 nitrogen and oxygen atoms in total. The summed E-state index contributed by atoms with van der Waals surface area (Å²) >= 11 is 6.08. The van der Waals surface area contributed by atoms with Gasteiger partial charge in [-0.3, -0.25) is 9.13 Å². The highest BCUT2D eigenvalue weighted by molar-refractivity contribution is 7.53. The number of ether oxygens (including phenoxy) is 1. The first-order chi connectivity index (χ1) is 10.9. The number of nitrogens with zero attached hydrogens (tertiary/aromatic N) is 2. The lowest BCUT2D eigenvalue weighted by Crippen LogP contribution is -2.34. The van der Waals surface area contributed by atoms with E-state index in [4.69, 9.17) is 31.1 Å². The minimum absolute atomic E-state index is 0.161. The van der Waals surface area contributed by atoms with Crippen molar-refractivity contribution in [2.24, 2.45) is 0 Å². The zero-order valence-corrected chi connectivity index (χ0v) is 14.8. The van der Waals surface area contributed by atoms with Crippen molar-refractivity contribution in [1.82, 2.24) is 9.55 Å². The molecule has 1 aliphatic heterocycles. The van der Waals surface area contributed by atoms with Crippen molar-refractivity contribution in [1.29, 1.82) is 0 Å². The number of nitrogens with two attached hydrogens (primary N) is 1. The fourth-order valence-electron chi connectivity index (χ4n) is 2.58. The molecule has 0 amide bonds. The van der Waals surface area contributed by atoms with Gasteiger partial charge in [0.05, 0.1) is 17.6 Å². The molecule has 130 valence electrons. The highest BCUT2D eigenvalue weighted by atomic mass is 35.5. The number of hydrogen-bond donors (Lipinski definition) is 1. The molecule has 0 aromatic carbocycles. The van der Waals surface area contributed by atoms with Crippen LogP contribution in [-0.4, -0.2) is 41.4 Å². The molecule has 1 aromatic rings. The van der Waals surface area contributed by atoms with Crippen LogP contribution in [-0.2, 0) is 18.3 Å². The van der Waals surface area contributed by atoms with E-state index < -0.39 is 25.1 Å². The van der Waals surface area contributed by atoms with E-state index in [9.17, 15) is 9.36 Å². The Hall–Kier alpha value is -0.920. The van der Waals surface area contributed by atoms with Crippen LogP contribution in [0.25, 0.3) is 0 Å². The van der Waals surface area contributed by atoms with Crippen LogP contribution in [0.3, 0.4) is 0 Å². The predicted octanol–water partition coefficient (Wildman–Crippen LogP) is 1.99. The molecule has 10 heteroatoms. The Bertz CT molecular complexity index is 647. The largest absolute Gasteiger partial charge is 0.383 e. The summed E-state index contributed by atoms with van der Waals surface area (Å²) in [7, 11) is -0.448. The van der Waals surface area contributed by atoms with E-state index in [1.165, 1.54) is 24.9 Å². The van der Waals surface area contributed by atoms with Crippen molar-refractivity contribution in [3.05, 3.63) is 22.7 Å². The maximum absolute atomic E-state index is 12.2. The number of anilines is 1. The summed E-state index contributed by atoms with van der Waals surface area (Å²) in [5.74, 6) is 0.377. The van der Waals surface area contributed by atoms with Gasteiger partial charge in [-0.05, 0) is 25.3 Å². The topological polar surface area (TPSA) is 106 Å². The second kappa shape index (κ2) is 7.32. The highest BCUT2D eigenvalue weighted by Gasteiger charge is 2.42. The van der Waals surface area contributed by atoms with Gasteiger partial charge in [0.2, 0.25) is 0 Å². The summed E-state index contributed by atoms with van der Waals surface area (Å²) < 4.78 is 29.5. The Labute approximate surface area is 139 Å². The molecule has 1 aliphatic rings. The zero-order chi connectivity index (χ0) is 17.1. The van der Waals surface area contributed by atoms with Gasteiger partial charge in [0.25, 0.3) is 0 Å². The van der Waals surface area contributed by atoms with E-state index in [-0.39, 0.29) is 17.9 Å². The smallest absolute Gasteiger partial charge is 0.351 e. The van der Waals surface area contributed by atoms with Crippen LogP contribution >= 0.6 is 19.2 Å². The Balaban J connectivity index is 2.11. The van der Waals surface area contributed by atoms with Crippen LogP contribution < -0.4 is 11.4 Å². The molecule has 2 rings (SSSR count). The van der Waals surface area contributed by atoms with Crippen LogP contribution in [0.15, 0.2) is 17.1 Å². The Morgan fingerprint density at radius 3 is 2.83 bits per heavy atom. The van der Waals surface area contributed by atoms with Crippen molar-refractivity contribution in [2.75, 3.05) is 32.0 Å². The molecule has 23 heavy (non-hydrogen) atoms. The van der Waals surface area contributed by atoms with Crippen molar-refractivity contribution in [2.45, 2.75) is 31.1 Å². The van der Waals surface area contributed by atoms with E-state index in [2.05, 4.69) is 4.98 Å². The number of rotatable bonds is 7. The first kappa shape index (κ1) is 18.4. The van der Waals surface area contributed by atoms with Crippen molar-refractivity contribution < 1.29 is 18.3 Å². The predicted molar refractivity (Wildman–Crippen MR) is 86.8 cm³/mol. The van der Waals surface area contributed by atoms with Crippen LogP contribution in [0, 0.1) is 0 Å². The summed E-state index contributed by atoms with van der Waals surface area (Å²) in [6.45, 7) is 0. The number of nitrogen functional groups attached to an aromatic ring is 1. The zero-order valence-electron chi connectivity index (χ0n) is 13.1. The first-order valence-corrected chi connectivity index (χ1v) is 9.42. The Morgan fingerprint density at radius 2 is 2.26 bits per heavy atom. The lowest BCUT2D eigenvalue weighted by molar-refractivity contribution is -0.0624. The number of hydrogen-bond acceptors (Lipinski definition) is 7. The molecule has 2 atom stereocenters. The minimum Gasteiger partial charge on any atom is -0.383 e. The van der Waals surface area contributed by atoms with Gasteiger partial charge in [-0.25, -0.2) is 4.79 Å². The molecule has 0 bridgehead atoms. The van der Waals surface area contributed by atoms with E-state index in [0.717, 1.165) is 0 Å². The summed E-state index contributed by atoms with van der Waals surface area (Å²) in [6.07, 6.45) is 2.90. The second-order valence-electron chi connectivity index (χ2n) is 5.42. The van der Waals surface area contributed by atoms with Gasteiger partial charge >= 0.3 is 13.3 Å². The van der Waals surface area contributed by atoms with Gasteiger partial charge in [0, 0.05) is 20.4 Å². The normalized spacial score (nSPS) is 24.9. The first-order valence-electron chi connectivity index (χ1n) is 7.16. The minimum atomic E-state index is -3.13. The second-order valence-corrected chi connectivity index (χ2v) is 8.09.